The third-order valence-corrected chi connectivity index (χ3v) is 3.74. The number of ether oxygens (including phenoxy) is 2. The highest BCUT2D eigenvalue weighted by Gasteiger charge is 2.24. The number of amides is 2. The maximum absolute atomic E-state index is 12.6. The average Bonchev–Trinajstić information content (AvgIpc) is 3.07. The number of carbonyl (C=O) groups excluding carboxylic acids is 2. The van der Waals surface area contributed by atoms with E-state index in [1.807, 2.05) is 44.2 Å². The van der Waals surface area contributed by atoms with Gasteiger partial charge in [-0.2, -0.15) is 0 Å². The third kappa shape index (κ3) is 3.91. The van der Waals surface area contributed by atoms with E-state index >= 15 is 0 Å². The summed E-state index contributed by atoms with van der Waals surface area (Å²) in [6.07, 6.45) is 0. The van der Waals surface area contributed by atoms with Crippen LogP contribution in [0.15, 0.2) is 48.5 Å². The monoisotopic (exact) mass is 340 g/mol. The topological polar surface area (TPSA) is 76.7 Å². The molecule has 0 radical (unpaired) electrons. The standard InChI is InChI=1S/C19H20N2O4/c1-12(2)20-19(23)17(13-6-4-3-5-7-13)21-18(22)14-8-9-15-16(10-14)25-11-24-15/h3-10,12,17H,11H2,1-2H3,(H,20,23)(H,21,22)/t17-/m0/s1. The first kappa shape index (κ1) is 16.8. The maximum Gasteiger partial charge on any atom is 0.252 e. The van der Waals surface area contributed by atoms with E-state index in [-0.39, 0.29) is 24.6 Å². The molecule has 0 unspecified atom stereocenters. The molecule has 3 rings (SSSR count). The lowest BCUT2D eigenvalue weighted by atomic mass is 10.0. The molecule has 0 aromatic heterocycles. The molecule has 25 heavy (non-hydrogen) atoms. The van der Waals surface area contributed by atoms with Gasteiger partial charge in [0.05, 0.1) is 0 Å². The molecule has 6 heteroatoms. The van der Waals surface area contributed by atoms with Gasteiger partial charge in [0, 0.05) is 11.6 Å². The fraction of sp³-hybridized carbons (Fsp3) is 0.263. The highest BCUT2D eigenvalue weighted by atomic mass is 16.7. The zero-order valence-corrected chi connectivity index (χ0v) is 14.1. The van der Waals surface area contributed by atoms with Crippen molar-refractivity contribution in [2.24, 2.45) is 0 Å². The Hall–Kier alpha value is -3.02. The first-order chi connectivity index (χ1) is 12.0. The quantitative estimate of drug-likeness (QED) is 0.876. The van der Waals surface area contributed by atoms with Crippen molar-refractivity contribution in [1.82, 2.24) is 10.6 Å². The molecule has 0 fully saturated rings. The Balaban J connectivity index is 1.82. The molecule has 6 nitrogen and oxygen atoms in total. The number of rotatable bonds is 5. The second-order valence-electron chi connectivity index (χ2n) is 6.05. The van der Waals surface area contributed by atoms with E-state index in [0.29, 0.717) is 17.1 Å². The predicted octanol–water partition coefficient (Wildman–Crippen LogP) is 2.41. The molecule has 2 N–H and O–H groups in total. The van der Waals surface area contributed by atoms with Gasteiger partial charge >= 0.3 is 0 Å². The Morgan fingerprint density at radius 2 is 1.68 bits per heavy atom. The van der Waals surface area contributed by atoms with E-state index in [0.717, 1.165) is 5.56 Å². The Morgan fingerprint density at radius 3 is 2.40 bits per heavy atom. The van der Waals surface area contributed by atoms with Crippen molar-refractivity contribution >= 4 is 11.8 Å². The van der Waals surface area contributed by atoms with Crippen LogP contribution in [-0.2, 0) is 4.79 Å². The highest BCUT2D eigenvalue weighted by molar-refractivity contribution is 5.98. The van der Waals surface area contributed by atoms with Gasteiger partial charge in [0.2, 0.25) is 12.7 Å². The summed E-state index contributed by atoms with van der Waals surface area (Å²) in [6, 6.07) is 13.3. The second-order valence-corrected chi connectivity index (χ2v) is 6.05. The molecule has 0 saturated carbocycles. The maximum atomic E-state index is 12.6. The fourth-order valence-corrected chi connectivity index (χ4v) is 2.57. The molecular formula is C19H20N2O4. The zero-order chi connectivity index (χ0) is 17.8. The van der Waals surface area contributed by atoms with Gasteiger partial charge < -0.3 is 20.1 Å². The highest BCUT2D eigenvalue weighted by Crippen LogP contribution is 2.32. The molecule has 1 aliphatic heterocycles. The van der Waals surface area contributed by atoms with Crippen LogP contribution < -0.4 is 20.1 Å². The molecule has 0 spiro atoms. The zero-order valence-electron chi connectivity index (χ0n) is 14.1. The van der Waals surface area contributed by atoms with Gasteiger partial charge in [0.1, 0.15) is 6.04 Å². The normalized spacial score (nSPS) is 13.4. The molecule has 2 aromatic rings. The van der Waals surface area contributed by atoms with Gasteiger partial charge in [-0.3, -0.25) is 9.59 Å². The number of carbonyl (C=O) groups is 2. The van der Waals surface area contributed by atoms with E-state index in [9.17, 15) is 9.59 Å². The molecular weight excluding hydrogens is 320 g/mol. The van der Waals surface area contributed by atoms with Crippen LogP contribution >= 0.6 is 0 Å². The molecule has 1 heterocycles. The van der Waals surface area contributed by atoms with E-state index in [4.69, 9.17) is 9.47 Å². The lowest BCUT2D eigenvalue weighted by molar-refractivity contribution is -0.123. The van der Waals surface area contributed by atoms with E-state index in [2.05, 4.69) is 10.6 Å². The third-order valence-electron chi connectivity index (χ3n) is 3.74. The van der Waals surface area contributed by atoms with Crippen molar-refractivity contribution in [3.8, 4) is 11.5 Å². The largest absolute Gasteiger partial charge is 0.454 e. The first-order valence-electron chi connectivity index (χ1n) is 8.10. The van der Waals surface area contributed by atoms with Crippen molar-refractivity contribution < 1.29 is 19.1 Å². The number of fused-ring (bicyclic) bond motifs is 1. The van der Waals surface area contributed by atoms with Gasteiger partial charge in [-0.15, -0.1) is 0 Å². The van der Waals surface area contributed by atoms with Crippen molar-refractivity contribution in [2.45, 2.75) is 25.9 Å². The summed E-state index contributed by atoms with van der Waals surface area (Å²) < 4.78 is 10.5. The Kier molecular flexibility index (Phi) is 4.88. The van der Waals surface area contributed by atoms with Crippen molar-refractivity contribution in [2.75, 3.05) is 6.79 Å². The minimum atomic E-state index is -0.776. The number of nitrogens with one attached hydrogen (secondary N) is 2. The SMILES string of the molecule is CC(C)NC(=O)[C@@H](NC(=O)c1ccc2c(c1)OCO2)c1ccccc1. The average molecular weight is 340 g/mol. The van der Waals surface area contributed by atoms with Crippen LogP contribution in [0.25, 0.3) is 0 Å². The van der Waals surface area contributed by atoms with Crippen molar-refractivity contribution in [3.05, 3.63) is 59.7 Å². The van der Waals surface area contributed by atoms with Crippen LogP contribution in [0.5, 0.6) is 11.5 Å². The van der Waals surface area contributed by atoms with Gasteiger partial charge in [0.15, 0.2) is 11.5 Å². The van der Waals surface area contributed by atoms with Crippen molar-refractivity contribution in [1.29, 1.82) is 0 Å². The number of hydrogen-bond acceptors (Lipinski definition) is 4. The molecule has 0 aliphatic carbocycles. The summed E-state index contributed by atoms with van der Waals surface area (Å²) in [5, 5.41) is 5.64. The van der Waals surface area contributed by atoms with Gasteiger partial charge in [-0.1, -0.05) is 30.3 Å². The Morgan fingerprint density at radius 1 is 0.960 bits per heavy atom. The molecule has 1 aliphatic rings. The van der Waals surface area contributed by atoms with Crippen LogP contribution in [0.4, 0.5) is 0 Å². The Bertz CT molecular complexity index is 774. The molecule has 2 aromatic carbocycles. The minimum Gasteiger partial charge on any atom is -0.454 e. The molecule has 130 valence electrons. The van der Waals surface area contributed by atoms with Gasteiger partial charge in [-0.05, 0) is 37.6 Å². The summed E-state index contributed by atoms with van der Waals surface area (Å²) in [5.41, 5.74) is 1.12. The Labute approximate surface area is 146 Å². The summed E-state index contributed by atoms with van der Waals surface area (Å²) in [5.74, 6) is 0.519. The van der Waals surface area contributed by atoms with Gasteiger partial charge in [0.25, 0.3) is 5.91 Å². The molecule has 1 atom stereocenters. The second kappa shape index (κ2) is 7.25. The van der Waals surface area contributed by atoms with Crippen molar-refractivity contribution in [3.63, 3.8) is 0 Å². The van der Waals surface area contributed by atoms with Crippen LogP contribution in [0.3, 0.4) is 0 Å². The van der Waals surface area contributed by atoms with Crippen LogP contribution in [0.1, 0.15) is 35.8 Å². The van der Waals surface area contributed by atoms with Gasteiger partial charge in [-0.25, -0.2) is 0 Å². The number of hydrogen-bond donors (Lipinski definition) is 2. The lowest BCUT2D eigenvalue weighted by Crippen LogP contribution is -2.42. The van der Waals surface area contributed by atoms with E-state index < -0.39 is 6.04 Å². The number of benzene rings is 2. The molecule has 0 saturated heterocycles. The molecule has 0 bridgehead atoms. The summed E-state index contributed by atoms with van der Waals surface area (Å²) in [7, 11) is 0. The smallest absolute Gasteiger partial charge is 0.252 e. The first-order valence-corrected chi connectivity index (χ1v) is 8.10. The lowest BCUT2D eigenvalue weighted by Gasteiger charge is -2.20. The van der Waals surface area contributed by atoms with Crippen LogP contribution in [0, 0.1) is 0 Å². The van der Waals surface area contributed by atoms with Crippen LogP contribution in [0.2, 0.25) is 0 Å². The van der Waals surface area contributed by atoms with E-state index in [1.165, 1.54) is 0 Å². The molecule has 2 amide bonds. The summed E-state index contributed by atoms with van der Waals surface area (Å²) >= 11 is 0. The summed E-state index contributed by atoms with van der Waals surface area (Å²) in [4.78, 5) is 25.2. The minimum absolute atomic E-state index is 0.0267. The van der Waals surface area contributed by atoms with E-state index in [1.54, 1.807) is 18.2 Å². The predicted molar refractivity (Wildman–Crippen MR) is 92.5 cm³/mol. The van der Waals surface area contributed by atoms with Crippen LogP contribution in [-0.4, -0.2) is 24.6 Å². The summed E-state index contributed by atoms with van der Waals surface area (Å²) in [6.45, 7) is 3.89. The fourth-order valence-electron chi connectivity index (χ4n) is 2.57.